The Morgan fingerprint density at radius 2 is 2.07 bits per heavy atom. The number of hydrogen-bond acceptors (Lipinski definition) is 6. The van der Waals surface area contributed by atoms with Crippen LogP contribution in [0.1, 0.15) is 41.4 Å². The first-order chi connectivity index (χ1) is 13.3. The van der Waals surface area contributed by atoms with Crippen LogP contribution in [0.4, 0.5) is 0 Å². The van der Waals surface area contributed by atoms with E-state index < -0.39 is 0 Å². The number of likely N-dealkylation sites (tertiary alicyclic amines) is 1. The van der Waals surface area contributed by atoms with Crippen molar-refractivity contribution in [2.45, 2.75) is 31.8 Å². The van der Waals surface area contributed by atoms with Gasteiger partial charge in [-0.1, -0.05) is 11.3 Å². The molecule has 2 aliphatic rings. The topological polar surface area (TPSA) is 79.2 Å². The van der Waals surface area contributed by atoms with Gasteiger partial charge in [-0.05, 0) is 30.9 Å². The third-order valence-corrected chi connectivity index (χ3v) is 5.45. The predicted octanol–water partition coefficient (Wildman–Crippen LogP) is 0.946. The van der Waals surface area contributed by atoms with Gasteiger partial charge in [-0.3, -0.25) is 19.4 Å². The number of nitrogens with zero attached hydrogens (tertiary/aromatic N) is 6. The Balaban J connectivity index is 1.41. The summed E-state index contributed by atoms with van der Waals surface area (Å²) in [7, 11) is 0. The van der Waals surface area contributed by atoms with E-state index in [4.69, 9.17) is 0 Å². The third-order valence-electron chi connectivity index (χ3n) is 5.45. The van der Waals surface area contributed by atoms with Gasteiger partial charge in [0.05, 0.1) is 18.8 Å². The average molecular weight is 369 g/mol. The highest BCUT2D eigenvalue weighted by Gasteiger charge is 2.30. The Labute approximate surface area is 159 Å². The lowest BCUT2D eigenvalue weighted by Crippen LogP contribution is -2.44. The Morgan fingerprint density at radius 3 is 2.89 bits per heavy atom. The molecule has 2 aromatic rings. The number of rotatable bonds is 5. The molecule has 8 heteroatoms. The fraction of sp³-hybridized carbons (Fsp3) is 0.579. The zero-order valence-electron chi connectivity index (χ0n) is 15.6. The van der Waals surface area contributed by atoms with E-state index in [-0.39, 0.29) is 11.9 Å². The van der Waals surface area contributed by atoms with E-state index in [9.17, 15) is 4.79 Å². The fourth-order valence-electron chi connectivity index (χ4n) is 3.93. The van der Waals surface area contributed by atoms with Gasteiger partial charge >= 0.3 is 0 Å². The minimum Gasteiger partial charge on any atom is -0.330 e. The lowest BCUT2D eigenvalue weighted by Gasteiger charge is -2.35. The van der Waals surface area contributed by atoms with E-state index in [1.54, 1.807) is 17.1 Å². The molecule has 2 aliphatic heterocycles. The van der Waals surface area contributed by atoms with Crippen LogP contribution in [-0.2, 0) is 6.54 Å². The van der Waals surface area contributed by atoms with Crippen molar-refractivity contribution >= 4 is 5.91 Å². The first-order valence-electron chi connectivity index (χ1n) is 9.85. The summed E-state index contributed by atoms with van der Waals surface area (Å²) in [6.45, 7) is 6.62. The highest BCUT2D eigenvalue weighted by Crippen LogP contribution is 2.31. The smallest absolute Gasteiger partial charge is 0.276 e. The number of piperidine rings is 1. The van der Waals surface area contributed by atoms with E-state index in [2.05, 4.69) is 25.5 Å². The van der Waals surface area contributed by atoms with Gasteiger partial charge < -0.3 is 10.2 Å². The molecule has 1 atom stereocenters. The van der Waals surface area contributed by atoms with Gasteiger partial charge in [-0.2, -0.15) is 0 Å². The maximum atomic E-state index is 13.1. The van der Waals surface area contributed by atoms with E-state index in [0.717, 1.165) is 70.6 Å². The zero-order valence-corrected chi connectivity index (χ0v) is 15.6. The van der Waals surface area contributed by atoms with Gasteiger partial charge in [-0.25, -0.2) is 0 Å². The standard InChI is InChI=1S/C19H27N7O/c27-19(26-9-2-1-5-18(26)16-4-3-6-21-14-16)17-15-25(23-22-17)13-12-24-10-7-20-8-11-24/h3-4,6,14-15,18,20H,1-2,5,7-13H2. The van der Waals surface area contributed by atoms with Crippen LogP contribution in [-0.4, -0.2) is 75.0 Å². The second-order valence-corrected chi connectivity index (χ2v) is 7.25. The number of pyridine rings is 1. The maximum absolute atomic E-state index is 13.1. The number of piperazine rings is 1. The molecule has 0 aliphatic carbocycles. The Kier molecular flexibility index (Phi) is 5.74. The number of aromatic nitrogens is 4. The van der Waals surface area contributed by atoms with Crippen molar-refractivity contribution < 1.29 is 4.79 Å². The molecule has 4 heterocycles. The van der Waals surface area contributed by atoms with Crippen molar-refractivity contribution in [1.29, 1.82) is 0 Å². The normalized spacial score (nSPS) is 21.3. The Morgan fingerprint density at radius 1 is 1.19 bits per heavy atom. The summed E-state index contributed by atoms with van der Waals surface area (Å²) in [6, 6.07) is 4.05. The minimum absolute atomic E-state index is 0.0306. The van der Waals surface area contributed by atoms with E-state index in [0.29, 0.717) is 5.69 Å². The number of hydrogen-bond donors (Lipinski definition) is 1. The molecule has 2 saturated heterocycles. The summed E-state index contributed by atoms with van der Waals surface area (Å²) >= 11 is 0. The van der Waals surface area contributed by atoms with Gasteiger partial charge in [0.15, 0.2) is 5.69 Å². The van der Waals surface area contributed by atoms with Crippen LogP contribution >= 0.6 is 0 Å². The molecule has 144 valence electrons. The molecule has 8 nitrogen and oxygen atoms in total. The summed E-state index contributed by atoms with van der Waals surface area (Å²) in [6.07, 6.45) is 8.54. The molecular formula is C19H27N7O. The second-order valence-electron chi connectivity index (χ2n) is 7.25. The van der Waals surface area contributed by atoms with Crippen LogP contribution in [0.15, 0.2) is 30.7 Å². The van der Waals surface area contributed by atoms with Crippen molar-refractivity contribution in [3.05, 3.63) is 42.0 Å². The summed E-state index contributed by atoms with van der Waals surface area (Å²) < 4.78 is 1.79. The number of carbonyl (C=O) groups is 1. The van der Waals surface area contributed by atoms with Crippen LogP contribution in [0.25, 0.3) is 0 Å². The summed E-state index contributed by atoms with van der Waals surface area (Å²) in [5, 5.41) is 11.7. The second kappa shape index (κ2) is 8.58. The molecule has 27 heavy (non-hydrogen) atoms. The molecule has 1 unspecified atom stereocenters. The molecule has 0 saturated carbocycles. The van der Waals surface area contributed by atoms with Crippen molar-refractivity contribution in [2.75, 3.05) is 39.3 Å². The molecule has 0 radical (unpaired) electrons. The molecule has 2 aromatic heterocycles. The largest absolute Gasteiger partial charge is 0.330 e. The van der Waals surface area contributed by atoms with Gasteiger partial charge in [-0.15, -0.1) is 5.10 Å². The van der Waals surface area contributed by atoms with Crippen molar-refractivity contribution in [2.24, 2.45) is 0 Å². The van der Waals surface area contributed by atoms with Crippen molar-refractivity contribution in [3.63, 3.8) is 0 Å². The summed E-state index contributed by atoms with van der Waals surface area (Å²) in [4.78, 5) is 21.6. The highest BCUT2D eigenvalue weighted by atomic mass is 16.2. The summed E-state index contributed by atoms with van der Waals surface area (Å²) in [5.74, 6) is -0.0306. The quantitative estimate of drug-likeness (QED) is 0.845. The first kappa shape index (κ1) is 18.1. The number of amides is 1. The Bertz CT molecular complexity index is 742. The minimum atomic E-state index is -0.0306. The molecular weight excluding hydrogens is 342 g/mol. The molecule has 1 N–H and O–H groups in total. The first-order valence-corrected chi connectivity index (χ1v) is 9.85. The maximum Gasteiger partial charge on any atom is 0.276 e. The van der Waals surface area contributed by atoms with Crippen LogP contribution in [0, 0.1) is 0 Å². The third kappa shape index (κ3) is 4.33. The lowest BCUT2D eigenvalue weighted by molar-refractivity contribution is 0.0605. The molecule has 0 spiro atoms. The average Bonchev–Trinajstić information content (AvgIpc) is 3.22. The van der Waals surface area contributed by atoms with Crippen LogP contribution in [0.3, 0.4) is 0 Å². The van der Waals surface area contributed by atoms with E-state index >= 15 is 0 Å². The van der Waals surface area contributed by atoms with E-state index in [1.165, 1.54) is 0 Å². The van der Waals surface area contributed by atoms with Crippen LogP contribution in [0.5, 0.6) is 0 Å². The molecule has 1 amide bonds. The van der Waals surface area contributed by atoms with Gasteiger partial charge in [0, 0.05) is 51.7 Å². The molecule has 2 fully saturated rings. The predicted molar refractivity (Wildman–Crippen MR) is 101 cm³/mol. The Hall–Kier alpha value is -2.32. The molecule has 0 aromatic carbocycles. The SMILES string of the molecule is O=C(c1cn(CCN2CCNCC2)nn1)N1CCCCC1c1cccnc1. The molecule has 4 rings (SSSR count). The van der Waals surface area contributed by atoms with Crippen LogP contribution < -0.4 is 5.32 Å². The molecule has 0 bridgehead atoms. The van der Waals surface area contributed by atoms with Crippen molar-refractivity contribution in [3.8, 4) is 0 Å². The van der Waals surface area contributed by atoms with Gasteiger partial charge in [0.25, 0.3) is 5.91 Å². The highest BCUT2D eigenvalue weighted by molar-refractivity contribution is 5.92. The summed E-state index contributed by atoms with van der Waals surface area (Å²) in [5.41, 5.74) is 1.53. The fourth-order valence-corrected chi connectivity index (χ4v) is 3.93. The zero-order chi connectivity index (χ0) is 18.5. The van der Waals surface area contributed by atoms with Crippen molar-refractivity contribution in [1.82, 2.24) is 35.1 Å². The van der Waals surface area contributed by atoms with Crippen LogP contribution in [0.2, 0.25) is 0 Å². The number of carbonyl (C=O) groups excluding carboxylic acids is 1. The van der Waals surface area contributed by atoms with Gasteiger partial charge in [0.2, 0.25) is 0 Å². The number of nitrogens with one attached hydrogen (secondary N) is 1. The van der Waals surface area contributed by atoms with Gasteiger partial charge in [0.1, 0.15) is 0 Å². The van der Waals surface area contributed by atoms with E-state index in [1.807, 2.05) is 23.2 Å². The lowest BCUT2D eigenvalue weighted by atomic mass is 9.96. The monoisotopic (exact) mass is 369 g/mol.